The molecule has 22 heavy (non-hydrogen) atoms. The summed E-state index contributed by atoms with van der Waals surface area (Å²) >= 11 is 1.65. The molecule has 2 rings (SSSR count). The fourth-order valence-electron chi connectivity index (χ4n) is 1.98. The minimum atomic E-state index is -0.0250. The van der Waals surface area contributed by atoms with Crippen LogP contribution in [0.1, 0.15) is 31.7 Å². The summed E-state index contributed by atoms with van der Waals surface area (Å²) in [6.07, 6.45) is 0. The Labute approximate surface area is 135 Å². The molecule has 0 radical (unpaired) electrons. The lowest BCUT2D eigenvalue weighted by atomic mass is 10.1. The molecule has 1 aromatic heterocycles. The Hall–Kier alpha value is -1.72. The van der Waals surface area contributed by atoms with E-state index in [1.54, 1.807) is 18.4 Å². The molecule has 0 aliphatic heterocycles. The van der Waals surface area contributed by atoms with Crippen molar-refractivity contribution in [3.8, 4) is 11.3 Å². The number of benzene rings is 1. The molecule has 0 fully saturated rings. The maximum atomic E-state index is 11.7. The van der Waals surface area contributed by atoms with Crippen molar-refractivity contribution in [3.63, 3.8) is 0 Å². The second kappa shape index (κ2) is 7.51. The molecular weight excluding hydrogens is 296 g/mol. The van der Waals surface area contributed by atoms with Crippen LogP contribution in [0.5, 0.6) is 0 Å². The number of ether oxygens (including phenoxy) is 1. The van der Waals surface area contributed by atoms with Crippen LogP contribution in [0.15, 0.2) is 29.6 Å². The highest BCUT2D eigenvalue weighted by Crippen LogP contribution is 2.27. The summed E-state index contributed by atoms with van der Waals surface area (Å²) in [5, 5.41) is 6.02. The molecule has 4 nitrogen and oxygen atoms in total. The maximum Gasteiger partial charge on any atom is 0.226 e. The number of hydrogen-bond acceptors (Lipinski definition) is 4. The molecule has 0 saturated heterocycles. The molecule has 118 valence electrons. The Morgan fingerprint density at radius 1 is 1.27 bits per heavy atom. The van der Waals surface area contributed by atoms with E-state index >= 15 is 0 Å². The van der Waals surface area contributed by atoms with Crippen LogP contribution in [0.2, 0.25) is 0 Å². The van der Waals surface area contributed by atoms with Gasteiger partial charge in [-0.3, -0.25) is 4.79 Å². The molecule has 0 spiro atoms. The zero-order valence-corrected chi connectivity index (χ0v) is 14.2. The van der Waals surface area contributed by atoms with Gasteiger partial charge in [0.05, 0.1) is 17.3 Å². The van der Waals surface area contributed by atoms with E-state index in [1.807, 2.05) is 38.1 Å². The van der Waals surface area contributed by atoms with Gasteiger partial charge in [0.1, 0.15) is 0 Å². The van der Waals surface area contributed by atoms with Crippen LogP contribution in [0.3, 0.4) is 0 Å². The first-order valence-electron chi connectivity index (χ1n) is 7.37. The van der Waals surface area contributed by atoms with Crippen LogP contribution < -0.4 is 5.32 Å². The van der Waals surface area contributed by atoms with Crippen LogP contribution in [-0.2, 0) is 9.53 Å². The number of carbonyl (C=O) groups excluding carboxylic acids is 1. The Bertz CT molecular complexity index is 620. The van der Waals surface area contributed by atoms with Crippen molar-refractivity contribution in [2.24, 2.45) is 5.92 Å². The minimum absolute atomic E-state index is 0.0250. The molecule has 0 aliphatic carbocycles. The second-order valence-corrected chi connectivity index (χ2v) is 6.54. The Morgan fingerprint density at radius 2 is 1.95 bits per heavy atom. The Balaban J connectivity index is 2.09. The van der Waals surface area contributed by atoms with Gasteiger partial charge in [-0.2, -0.15) is 0 Å². The van der Waals surface area contributed by atoms with Crippen molar-refractivity contribution in [2.75, 3.05) is 19.0 Å². The van der Waals surface area contributed by atoms with E-state index in [4.69, 9.17) is 4.74 Å². The van der Waals surface area contributed by atoms with Crippen LogP contribution in [0, 0.1) is 5.92 Å². The fourth-order valence-corrected chi connectivity index (χ4v) is 2.85. The summed E-state index contributed by atoms with van der Waals surface area (Å²) in [7, 11) is 1.70. The lowest BCUT2D eigenvalue weighted by Gasteiger charge is -2.08. The molecule has 1 aromatic carbocycles. The predicted octanol–water partition coefficient (Wildman–Crippen LogP) is 4.15. The number of carbonyl (C=O) groups is 1. The number of amides is 1. The number of hydrogen-bond donors (Lipinski definition) is 1. The molecule has 1 amide bonds. The lowest BCUT2D eigenvalue weighted by Crippen LogP contribution is -2.17. The van der Waals surface area contributed by atoms with E-state index < -0.39 is 0 Å². The van der Waals surface area contributed by atoms with Crippen molar-refractivity contribution in [1.82, 2.24) is 4.98 Å². The summed E-state index contributed by atoms with van der Waals surface area (Å²) in [6.45, 7) is 6.53. The molecule has 0 unspecified atom stereocenters. The van der Waals surface area contributed by atoms with E-state index in [9.17, 15) is 4.79 Å². The van der Waals surface area contributed by atoms with Crippen molar-refractivity contribution in [1.29, 1.82) is 0 Å². The number of methoxy groups -OCH3 is 1. The van der Waals surface area contributed by atoms with Crippen molar-refractivity contribution < 1.29 is 9.53 Å². The van der Waals surface area contributed by atoms with Crippen molar-refractivity contribution in [3.05, 3.63) is 34.7 Å². The number of thiazole rings is 1. The average molecular weight is 318 g/mol. The van der Waals surface area contributed by atoms with Crippen LogP contribution in [-0.4, -0.2) is 24.6 Å². The highest BCUT2D eigenvalue weighted by atomic mass is 32.1. The number of nitrogens with one attached hydrogen (secondary N) is 1. The second-order valence-electron chi connectivity index (χ2n) is 5.65. The zero-order chi connectivity index (χ0) is 16.1. The number of nitrogens with zero attached hydrogens (tertiary/aromatic N) is 1. The first-order chi connectivity index (χ1) is 10.5. The standard InChI is InChI=1S/C17H22N2O2S/c1-11(2)16(20)18-14-7-5-13(6-8-14)15-10-22-17(19-15)12(3)9-21-4/h5-8,10-12H,9H2,1-4H3,(H,18,20)/t12-/m1/s1. The zero-order valence-electron chi connectivity index (χ0n) is 13.4. The highest BCUT2D eigenvalue weighted by Gasteiger charge is 2.12. The molecule has 5 heteroatoms. The van der Waals surface area contributed by atoms with Gasteiger partial charge in [-0.05, 0) is 12.1 Å². The summed E-state index contributed by atoms with van der Waals surface area (Å²) in [5.41, 5.74) is 2.82. The van der Waals surface area contributed by atoms with Crippen molar-refractivity contribution >= 4 is 22.9 Å². The van der Waals surface area contributed by atoms with Gasteiger partial charge in [-0.1, -0.05) is 32.9 Å². The van der Waals surface area contributed by atoms with Crippen LogP contribution in [0.4, 0.5) is 5.69 Å². The lowest BCUT2D eigenvalue weighted by molar-refractivity contribution is -0.118. The van der Waals surface area contributed by atoms with E-state index in [1.165, 1.54) is 0 Å². The van der Waals surface area contributed by atoms with Gasteiger partial charge in [0.2, 0.25) is 5.91 Å². The van der Waals surface area contributed by atoms with E-state index in [2.05, 4.69) is 22.6 Å². The SMILES string of the molecule is COC[C@@H](C)c1nc(-c2ccc(NC(=O)C(C)C)cc2)cs1. The number of anilines is 1. The minimum Gasteiger partial charge on any atom is -0.384 e. The molecule has 1 atom stereocenters. The highest BCUT2D eigenvalue weighted by molar-refractivity contribution is 7.10. The van der Waals surface area contributed by atoms with Gasteiger partial charge >= 0.3 is 0 Å². The third-order valence-corrected chi connectivity index (χ3v) is 4.41. The molecule has 2 aromatic rings. The topological polar surface area (TPSA) is 51.2 Å². The maximum absolute atomic E-state index is 11.7. The summed E-state index contributed by atoms with van der Waals surface area (Å²) in [5.74, 6) is 0.300. The predicted molar refractivity (Wildman–Crippen MR) is 91.3 cm³/mol. The summed E-state index contributed by atoms with van der Waals surface area (Å²) < 4.78 is 5.17. The molecule has 1 heterocycles. The molecule has 0 bridgehead atoms. The van der Waals surface area contributed by atoms with E-state index in [0.717, 1.165) is 22.0 Å². The Morgan fingerprint density at radius 3 is 2.55 bits per heavy atom. The third-order valence-electron chi connectivity index (χ3n) is 3.33. The summed E-state index contributed by atoms with van der Waals surface area (Å²) in [4.78, 5) is 16.3. The first kappa shape index (κ1) is 16.6. The van der Waals surface area contributed by atoms with Gasteiger partial charge in [0, 0.05) is 35.6 Å². The molecular formula is C17H22N2O2S. The van der Waals surface area contributed by atoms with Crippen LogP contribution in [0.25, 0.3) is 11.3 Å². The fraction of sp³-hybridized carbons (Fsp3) is 0.412. The largest absolute Gasteiger partial charge is 0.384 e. The first-order valence-corrected chi connectivity index (χ1v) is 8.25. The molecule has 0 aliphatic rings. The average Bonchev–Trinajstić information content (AvgIpc) is 2.98. The third kappa shape index (κ3) is 4.15. The smallest absolute Gasteiger partial charge is 0.226 e. The van der Waals surface area contributed by atoms with E-state index in [0.29, 0.717) is 12.5 Å². The van der Waals surface area contributed by atoms with Gasteiger partial charge in [-0.15, -0.1) is 11.3 Å². The Kier molecular flexibility index (Phi) is 5.69. The van der Waals surface area contributed by atoms with Gasteiger partial charge in [-0.25, -0.2) is 4.98 Å². The van der Waals surface area contributed by atoms with Gasteiger partial charge in [0.15, 0.2) is 0 Å². The van der Waals surface area contributed by atoms with Gasteiger partial charge in [0.25, 0.3) is 0 Å². The monoisotopic (exact) mass is 318 g/mol. The molecule has 1 N–H and O–H groups in total. The van der Waals surface area contributed by atoms with E-state index in [-0.39, 0.29) is 11.8 Å². The number of aromatic nitrogens is 1. The summed E-state index contributed by atoms with van der Waals surface area (Å²) in [6, 6.07) is 7.78. The van der Waals surface area contributed by atoms with Crippen molar-refractivity contribution in [2.45, 2.75) is 26.7 Å². The van der Waals surface area contributed by atoms with Gasteiger partial charge < -0.3 is 10.1 Å². The number of rotatable bonds is 6. The quantitative estimate of drug-likeness (QED) is 0.870. The normalized spacial score (nSPS) is 12.4. The van der Waals surface area contributed by atoms with Crippen LogP contribution >= 0.6 is 11.3 Å². The molecule has 0 saturated carbocycles.